The largest absolute Gasteiger partial charge is 0.467 e. The molecule has 1 aromatic rings. The van der Waals surface area contributed by atoms with Gasteiger partial charge in [0, 0.05) is 0 Å². The summed E-state index contributed by atoms with van der Waals surface area (Å²) in [5.74, 6) is -0.591. The molecule has 0 saturated carbocycles. The van der Waals surface area contributed by atoms with Gasteiger partial charge < -0.3 is 20.0 Å². The molecule has 24 heavy (non-hydrogen) atoms. The monoisotopic (exact) mass is 336 g/mol. The van der Waals surface area contributed by atoms with Crippen molar-refractivity contribution in [1.82, 2.24) is 5.32 Å². The highest BCUT2D eigenvalue weighted by Crippen LogP contribution is 2.11. The molecule has 0 bridgehead atoms. The number of benzene rings is 1. The lowest BCUT2D eigenvalue weighted by Gasteiger charge is -2.22. The Labute approximate surface area is 141 Å². The molecule has 0 aromatic heterocycles. The van der Waals surface area contributed by atoms with Crippen molar-refractivity contribution >= 4 is 17.8 Å². The van der Waals surface area contributed by atoms with Gasteiger partial charge in [0.25, 0.3) is 0 Å². The highest BCUT2D eigenvalue weighted by molar-refractivity contribution is 6.00. The Morgan fingerprint density at radius 3 is 2.38 bits per heavy atom. The molecule has 0 aliphatic rings. The minimum atomic E-state index is -0.898. The first-order valence-electron chi connectivity index (χ1n) is 7.60. The number of carbonyl (C=O) groups is 2. The summed E-state index contributed by atoms with van der Waals surface area (Å²) in [5, 5.41) is 14.9. The first-order chi connectivity index (χ1) is 11.3. The van der Waals surface area contributed by atoms with Crippen LogP contribution in [-0.4, -0.2) is 41.7 Å². The molecule has 1 rings (SSSR count). The fraction of sp³-hybridized carbons (Fsp3) is 0.471. The number of esters is 1. The predicted molar refractivity (Wildman–Crippen MR) is 89.2 cm³/mol. The van der Waals surface area contributed by atoms with Crippen LogP contribution in [0.1, 0.15) is 39.2 Å². The molecular weight excluding hydrogens is 312 g/mol. The normalized spacial score (nSPS) is 13.1. The van der Waals surface area contributed by atoms with Gasteiger partial charge in [0.1, 0.15) is 11.6 Å². The number of oxime groups is 1. The molecule has 0 unspecified atom stereocenters. The lowest BCUT2D eigenvalue weighted by molar-refractivity contribution is -0.143. The zero-order valence-electron chi connectivity index (χ0n) is 14.4. The van der Waals surface area contributed by atoms with Gasteiger partial charge in [-0.05, 0) is 39.2 Å². The van der Waals surface area contributed by atoms with Gasteiger partial charge in [0.2, 0.25) is 0 Å². The maximum Gasteiger partial charge on any atom is 0.408 e. The van der Waals surface area contributed by atoms with Crippen LogP contribution in [0.5, 0.6) is 0 Å². The average Bonchev–Trinajstić information content (AvgIpc) is 2.52. The van der Waals surface area contributed by atoms with Gasteiger partial charge in [-0.1, -0.05) is 35.5 Å². The van der Waals surface area contributed by atoms with Gasteiger partial charge in [-0.15, -0.1) is 0 Å². The Kier molecular flexibility index (Phi) is 7.23. The van der Waals surface area contributed by atoms with E-state index >= 15 is 0 Å². The summed E-state index contributed by atoms with van der Waals surface area (Å²) in [6.07, 6.45) is -0.226. The maximum atomic E-state index is 11.9. The molecule has 0 aliphatic carbocycles. The maximum absolute atomic E-state index is 11.9. The minimum absolute atomic E-state index is 0.209. The van der Waals surface area contributed by atoms with E-state index in [4.69, 9.17) is 9.47 Å². The number of alkyl carbamates (subject to hydrolysis) is 1. The lowest BCUT2D eigenvalue weighted by Crippen LogP contribution is -2.44. The minimum Gasteiger partial charge on any atom is -0.467 e. The van der Waals surface area contributed by atoms with E-state index in [1.807, 2.05) is 18.2 Å². The molecular formula is C17H24N2O5. The molecule has 0 fully saturated rings. The fourth-order valence-electron chi connectivity index (χ4n) is 2.00. The van der Waals surface area contributed by atoms with E-state index in [1.165, 1.54) is 7.11 Å². The van der Waals surface area contributed by atoms with Crippen LogP contribution in [0, 0.1) is 0 Å². The summed E-state index contributed by atoms with van der Waals surface area (Å²) >= 11 is 0. The summed E-state index contributed by atoms with van der Waals surface area (Å²) in [6, 6.07) is 8.17. The summed E-state index contributed by atoms with van der Waals surface area (Å²) in [7, 11) is 1.24. The molecule has 132 valence electrons. The van der Waals surface area contributed by atoms with Crippen molar-refractivity contribution < 1.29 is 24.3 Å². The van der Waals surface area contributed by atoms with E-state index < -0.39 is 23.7 Å². The number of carbonyl (C=O) groups excluding carboxylic acids is 2. The molecule has 1 aromatic carbocycles. The van der Waals surface area contributed by atoms with Crippen molar-refractivity contribution in [3.05, 3.63) is 35.9 Å². The number of ether oxygens (including phenoxy) is 2. The van der Waals surface area contributed by atoms with Crippen LogP contribution in [0.2, 0.25) is 0 Å². The quantitative estimate of drug-likeness (QED) is 0.360. The Morgan fingerprint density at radius 2 is 1.88 bits per heavy atom. The molecule has 2 N–H and O–H groups in total. The third-order valence-electron chi connectivity index (χ3n) is 3.07. The van der Waals surface area contributed by atoms with E-state index in [9.17, 15) is 14.8 Å². The SMILES string of the molecule is COC(=O)[C@H](CCC(=NO)c1ccccc1)NC(=O)OC(C)(C)C. The number of nitrogens with zero attached hydrogens (tertiary/aromatic N) is 1. The Balaban J connectivity index is 2.73. The van der Waals surface area contributed by atoms with Crippen LogP contribution in [0.15, 0.2) is 35.5 Å². The standard InChI is InChI=1S/C17H24N2O5/c1-17(2,3)24-16(21)18-14(15(20)23-4)11-10-13(19-22)12-8-6-5-7-9-12/h5-9,14,22H,10-11H2,1-4H3,(H,18,21)/t14-/m0/s1. The van der Waals surface area contributed by atoms with Crippen LogP contribution < -0.4 is 5.32 Å². The molecule has 0 heterocycles. The van der Waals surface area contributed by atoms with E-state index in [-0.39, 0.29) is 12.8 Å². The van der Waals surface area contributed by atoms with Crippen molar-refractivity contribution in [3.63, 3.8) is 0 Å². The fourth-order valence-corrected chi connectivity index (χ4v) is 2.00. The first kappa shape index (κ1) is 19.5. The number of nitrogens with one attached hydrogen (secondary N) is 1. The molecule has 7 heteroatoms. The summed E-state index contributed by atoms with van der Waals surface area (Å²) in [6.45, 7) is 5.18. The number of hydrogen-bond acceptors (Lipinski definition) is 6. The second kappa shape index (κ2) is 8.90. The van der Waals surface area contributed by atoms with Gasteiger partial charge in [-0.3, -0.25) is 0 Å². The zero-order valence-corrected chi connectivity index (χ0v) is 14.4. The molecule has 0 saturated heterocycles. The van der Waals surface area contributed by atoms with Gasteiger partial charge in [0.15, 0.2) is 0 Å². The van der Waals surface area contributed by atoms with Gasteiger partial charge in [-0.25, -0.2) is 9.59 Å². The lowest BCUT2D eigenvalue weighted by atomic mass is 10.0. The summed E-state index contributed by atoms with van der Waals surface area (Å²) < 4.78 is 9.85. The van der Waals surface area contributed by atoms with Crippen molar-refractivity contribution in [2.45, 2.75) is 45.3 Å². The summed E-state index contributed by atoms with van der Waals surface area (Å²) in [4.78, 5) is 23.7. The van der Waals surface area contributed by atoms with Crippen LogP contribution >= 0.6 is 0 Å². The van der Waals surface area contributed by atoms with E-state index in [2.05, 4.69) is 10.5 Å². The number of amides is 1. The van der Waals surface area contributed by atoms with Gasteiger partial charge >= 0.3 is 12.1 Å². The smallest absolute Gasteiger partial charge is 0.408 e. The van der Waals surface area contributed by atoms with Crippen molar-refractivity contribution in [2.24, 2.45) is 5.16 Å². The molecule has 0 radical (unpaired) electrons. The third kappa shape index (κ3) is 6.68. The van der Waals surface area contributed by atoms with Crippen LogP contribution in [0.3, 0.4) is 0 Å². The molecule has 1 atom stereocenters. The predicted octanol–water partition coefficient (Wildman–Crippen LogP) is 2.71. The van der Waals surface area contributed by atoms with Crippen molar-refractivity contribution in [2.75, 3.05) is 7.11 Å². The summed E-state index contributed by atoms with van der Waals surface area (Å²) in [5.41, 5.74) is 0.475. The van der Waals surface area contributed by atoms with Gasteiger partial charge in [0.05, 0.1) is 12.8 Å². The zero-order chi connectivity index (χ0) is 18.2. The van der Waals surface area contributed by atoms with Crippen molar-refractivity contribution in [3.8, 4) is 0 Å². The highest BCUT2D eigenvalue weighted by Gasteiger charge is 2.25. The second-order valence-corrected chi connectivity index (χ2v) is 6.17. The topological polar surface area (TPSA) is 97.2 Å². The van der Waals surface area contributed by atoms with E-state index in [0.717, 1.165) is 5.56 Å². The van der Waals surface area contributed by atoms with E-state index in [1.54, 1.807) is 32.9 Å². The van der Waals surface area contributed by atoms with Gasteiger partial charge in [-0.2, -0.15) is 0 Å². The first-order valence-corrected chi connectivity index (χ1v) is 7.60. The average molecular weight is 336 g/mol. The molecule has 0 spiro atoms. The van der Waals surface area contributed by atoms with Crippen LogP contribution in [0.25, 0.3) is 0 Å². The number of methoxy groups -OCH3 is 1. The van der Waals surface area contributed by atoms with Crippen molar-refractivity contribution in [1.29, 1.82) is 0 Å². The molecule has 0 aliphatic heterocycles. The Bertz CT molecular complexity index is 578. The van der Waals surface area contributed by atoms with Crippen LogP contribution in [-0.2, 0) is 14.3 Å². The number of rotatable bonds is 6. The second-order valence-electron chi connectivity index (χ2n) is 6.17. The van der Waals surface area contributed by atoms with Crippen LogP contribution in [0.4, 0.5) is 4.79 Å². The Hall–Kier alpha value is -2.57. The highest BCUT2D eigenvalue weighted by atomic mass is 16.6. The van der Waals surface area contributed by atoms with E-state index in [0.29, 0.717) is 5.71 Å². The third-order valence-corrected chi connectivity index (χ3v) is 3.07. The number of hydrogen-bond donors (Lipinski definition) is 2. The molecule has 7 nitrogen and oxygen atoms in total. The molecule has 1 amide bonds. The Morgan fingerprint density at radius 1 is 1.25 bits per heavy atom.